The van der Waals surface area contributed by atoms with Gasteiger partial charge in [0.15, 0.2) is 9.84 Å². The SMILES string of the molecule is Cc1ccc(C(C/C=C/c2ccccc2)(Cc2ccc(C(F)(F)P(=O)(O)O)cc2)S(=O)(=O)c2ccc(F)cc2)cc1. The van der Waals surface area contributed by atoms with Crippen LogP contribution >= 0.6 is 7.60 Å². The van der Waals surface area contributed by atoms with Gasteiger partial charge in [-0.05, 0) is 60.7 Å². The molecular weight excluding hydrogens is 572 g/mol. The van der Waals surface area contributed by atoms with Crippen LogP contribution in [0.2, 0.25) is 0 Å². The van der Waals surface area contributed by atoms with Crippen molar-refractivity contribution < 1.29 is 35.9 Å². The maximum atomic E-state index is 14.5. The third kappa shape index (κ3) is 6.39. The van der Waals surface area contributed by atoms with Gasteiger partial charge in [-0.1, -0.05) is 96.6 Å². The van der Waals surface area contributed by atoms with E-state index in [0.29, 0.717) is 11.1 Å². The van der Waals surface area contributed by atoms with E-state index >= 15 is 0 Å². The average Bonchev–Trinajstić information content (AvgIpc) is 2.93. The Balaban J connectivity index is 1.89. The molecule has 0 heterocycles. The van der Waals surface area contributed by atoms with Gasteiger partial charge in [0.25, 0.3) is 0 Å². The van der Waals surface area contributed by atoms with E-state index in [1.54, 1.807) is 36.4 Å². The van der Waals surface area contributed by atoms with Gasteiger partial charge in [0.2, 0.25) is 0 Å². The fourth-order valence-corrected chi connectivity index (χ4v) is 7.17. The second kappa shape index (κ2) is 11.8. The van der Waals surface area contributed by atoms with Crippen molar-refractivity contribution in [1.82, 2.24) is 0 Å². The fourth-order valence-electron chi connectivity index (χ4n) is 4.62. The van der Waals surface area contributed by atoms with Gasteiger partial charge in [-0.2, -0.15) is 8.78 Å². The molecule has 0 fully saturated rings. The monoisotopic (exact) mass is 600 g/mol. The topological polar surface area (TPSA) is 91.7 Å². The highest BCUT2D eigenvalue weighted by atomic mass is 32.2. The molecule has 0 saturated heterocycles. The van der Waals surface area contributed by atoms with E-state index in [1.165, 1.54) is 24.3 Å². The van der Waals surface area contributed by atoms with Crippen molar-refractivity contribution >= 4 is 23.5 Å². The van der Waals surface area contributed by atoms with Crippen molar-refractivity contribution in [2.75, 3.05) is 0 Å². The van der Waals surface area contributed by atoms with Crippen LogP contribution in [0.5, 0.6) is 0 Å². The van der Waals surface area contributed by atoms with Crippen molar-refractivity contribution in [2.24, 2.45) is 0 Å². The Hall–Kier alpha value is -3.49. The molecule has 0 bridgehead atoms. The first-order valence-electron chi connectivity index (χ1n) is 12.6. The molecule has 1 atom stereocenters. The Morgan fingerprint density at radius 1 is 0.805 bits per heavy atom. The number of alkyl halides is 2. The van der Waals surface area contributed by atoms with Crippen molar-refractivity contribution in [2.45, 2.75) is 35.1 Å². The predicted molar refractivity (Wildman–Crippen MR) is 153 cm³/mol. The largest absolute Gasteiger partial charge is 0.399 e. The molecular formula is C31H28F3O5PS. The summed E-state index contributed by atoms with van der Waals surface area (Å²) >= 11 is 0. The molecule has 4 rings (SSSR count). The van der Waals surface area contributed by atoms with E-state index in [4.69, 9.17) is 9.79 Å². The zero-order valence-corrected chi connectivity index (χ0v) is 23.7. The van der Waals surface area contributed by atoms with Crippen LogP contribution in [0.4, 0.5) is 13.2 Å². The van der Waals surface area contributed by atoms with E-state index in [0.717, 1.165) is 35.4 Å². The zero-order chi connectivity index (χ0) is 29.9. The van der Waals surface area contributed by atoms with Crippen molar-refractivity contribution in [1.29, 1.82) is 0 Å². The summed E-state index contributed by atoms with van der Waals surface area (Å²) in [6.45, 7) is 1.86. The molecule has 4 aromatic rings. The number of allylic oxidation sites excluding steroid dienone is 1. The molecule has 0 aliphatic heterocycles. The number of aryl methyl sites for hydroxylation is 1. The first kappa shape index (κ1) is 30.5. The maximum absolute atomic E-state index is 14.5. The van der Waals surface area contributed by atoms with Crippen LogP contribution in [-0.2, 0) is 31.2 Å². The van der Waals surface area contributed by atoms with Crippen LogP contribution in [0.25, 0.3) is 6.08 Å². The highest BCUT2D eigenvalue weighted by Gasteiger charge is 2.50. The minimum absolute atomic E-state index is 0.0228. The molecule has 10 heteroatoms. The van der Waals surface area contributed by atoms with Gasteiger partial charge in [-0.3, -0.25) is 4.57 Å². The van der Waals surface area contributed by atoms with Gasteiger partial charge < -0.3 is 9.79 Å². The van der Waals surface area contributed by atoms with Gasteiger partial charge in [0.1, 0.15) is 10.6 Å². The summed E-state index contributed by atoms with van der Waals surface area (Å²) in [6, 6.07) is 25.0. The van der Waals surface area contributed by atoms with E-state index in [9.17, 15) is 26.2 Å². The number of benzene rings is 4. The lowest BCUT2D eigenvalue weighted by Gasteiger charge is -2.34. The van der Waals surface area contributed by atoms with E-state index < -0.39 is 39.2 Å². The Kier molecular flexibility index (Phi) is 8.76. The van der Waals surface area contributed by atoms with Crippen LogP contribution in [0.3, 0.4) is 0 Å². The van der Waals surface area contributed by atoms with Crippen molar-refractivity contribution in [3.63, 3.8) is 0 Å². The first-order chi connectivity index (χ1) is 19.3. The quantitative estimate of drug-likeness (QED) is 0.146. The van der Waals surface area contributed by atoms with Gasteiger partial charge in [0, 0.05) is 5.56 Å². The minimum Gasteiger partial charge on any atom is -0.320 e. The molecule has 41 heavy (non-hydrogen) atoms. The van der Waals surface area contributed by atoms with Crippen LogP contribution < -0.4 is 0 Å². The van der Waals surface area contributed by atoms with Crippen LogP contribution in [0.15, 0.2) is 114 Å². The predicted octanol–water partition coefficient (Wildman–Crippen LogP) is 7.38. The minimum atomic E-state index is -5.78. The number of hydrogen-bond acceptors (Lipinski definition) is 3. The molecule has 1 unspecified atom stereocenters. The standard InChI is InChI=1S/C31H28F3O5PS/c1-23-9-13-26(14-10-23)30(21-5-8-24-6-3-2-4-7-24,41(38,39)29-19-17-28(32)18-20-29)22-25-11-15-27(16-12-25)31(33,34)40(35,36)37/h2-20H,21-22H2,1H3,(H2,35,36,37)/b8-5+. The molecule has 0 aliphatic rings. The van der Waals surface area contributed by atoms with E-state index in [-0.39, 0.29) is 17.7 Å². The second-order valence-corrected chi connectivity index (χ2v) is 13.7. The summed E-state index contributed by atoms with van der Waals surface area (Å²) in [5.41, 5.74) is -2.78. The van der Waals surface area contributed by atoms with E-state index in [1.807, 2.05) is 37.3 Å². The third-order valence-electron chi connectivity index (χ3n) is 6.93. The van der Waals surface area contributed by atoms with Crippen LogP contribution in [0, 0.1) is 12.7 Å². The highest BCUT2D eigenvalue weighted by Crippen LogP contribution is 2.59. The molecule has 214 valence electrons. The van der Waals surface area contributed by atoms with Crippen LogP contribution in [0.1, 0.15) is 34.2 Å². The fraction of sp³-hybridized carbons (Fsp3) is 0.161. The normalized spacial score (nSPS) is 14.2. The van der Waals surface area contributed by atoms with Crippen LogP contribution in [-0.4, -0.2) is 18.2 Å². The Morgan fingerprint density at radius 2 is 1.37 bits per heavy atom. The molecule has 0 aromatic heterocycles. The highest BCUT2D eigenvalue weighted by molar-refractivity contribution is 7.92. The molecule has 0 radical (unpaired) electrons. The Morgan fingerprint density at radius 3 is 1.93 bits per heavy atom. The van der Waals surface area contributed by atoms with Gasteiger partial charge in [-0.25, -0.2) is 12.8 Å². The summed E-state index contributed by atoms with van der Waals surface area (Å²) in [5.74, 6) is -0.601. The summed E-state index contributed by atoms with van der Waals surface area (Å²) in [6.07, 6.45) is 3.32. The summed E-state index contributed by atoms with van der Waals surface area (Å²) in [4.78, 5) is 18.1. The molecule has 5 nitrogen and oxygen atoms in total. The van der Waals surface area contributed by atoms with Gasteiger partial charge in [0.05, 0.1) is 4.90 Å². The summed E-state index contributed by atoms with van der Waals surface area (Å²) in [5, 5.41) is 0. The molecule has 0 saturated carbocycles. The lowest BCUT2D eigenvalue weighted by atomic mass is 9.87. The molecule has 0 spiro atoms. The molecule has 0 aliphatic carbocycles. The van der Waals surface area contributed by atoms with Gasteiger partial charge >= 0.3 is 13.3 Å². The van der Waals surface area contributed by atoms with Crippen molar-refractivity contribution in [3.05, 3.63) is 143 Å². The summed E-state index contributed by atoms with van der Waals surface area (Å²) < 4.78 is 81.0. The van der Waals surface area contributed by atoms with E-state index in [2.05, 4.69) is 0 Å². The molecule has 4 aromatic carbocycles. The van der Waals surface area contributed by atoms with Crippen molar-refractivity contribution in [3.8, 4) is 0 Å². The number of hydrogen-bond donors (Lipinski definition) is 2. The lowest BCUT2D eigenvalue weighted by molar-refractivity contribution is 0.0564. The molecule has 0 amide bonds. The smallest absolute Gasteiger partial charge is 0.320 e. The number of halogens is 3. The third-order valence-corrected chi connectivity index (χ3v) is 10.4. The first-order valence-corrected chi connectivity index (χ1v) is 15.7. The number of sulfone groups is 1. The summed E-state index contributed by atoms with van der Waals surface area (Å²) in [7, 11) is -10.0. The Bertz CT molecular complexity index is 1670. The maximum Gasteiger partial charge on any atom is 0.399 e. The zero-order valence-electron chi connectivity index (χ0n) is 22.0. The number of rotatable bonds is 10. The second-order valence-electron chi connectivity index (χ2n) is 9.79. The molecule has 2 N–H and O–H groups in total. The lowest BCUT2D eigenvalue weighted by Crippen LogP contribution is -2.38. The van der Waals surface area contributed by atoms with Gasteiger partial charge in [-0.15, -0.1) is 0 Å². The average molecular weight is 601 g/mol. The Labute approximate surface area is 237 Å².